The summed E-state index contributed by atoms with van der Waals surface area (Å²) in [7, 11) is 0. The molecule has 0 saturated heterocycles. The van der Waals surface area contributed by atoms with Crippen molar-refractivity contribution in [2.24, 2.45) is 5.41 Å². The van der Waals surface area contributed by atoms with E-state index in [2.05, 4.69) is 29.5 Å². The number of carbonyl (C=O) groups excluding carboxylic acids is 2. The van der Waals surface area contributed by atoms with E-state index in [0.717, 1.165) is 33.8 Å². The molecule has 1 unspecified atom stereocenters. The zero-order valence-corrected chi connectivity index (χ0v) is 19.1. The van der Waals surface area contributed by atoms with E-state index in [1.807, 2.05) is 37.4 Å². The maximum atomic E-state index is 13.4. The van der Waals surface area contributed by atoms with E-state index in [9.17, 15) is 9.59 Å². The molecule has 0 saturated carbocycles. The third kappa shape index (κ3) is 4.30. The van der Waals surface area contributed by atoms with Crippen molar-refractivity contribution in [3.63, 3.8) is 0 Å². The topological polar surface area (TPSA) is 71.1 Å². The minimum Gasteiger partial charge on any atom is -0.362 e. The van der Waals surface area contributed by atoms with Crippen molar-refractivity contribution in [2.75, 3.05) is 11.6 Å². The zero-order valence-electron chi connectivity index (χ0n) is 18.3. The quantitative estimate of drug-likeness (QED) is 0.661. The molecule has 31 heavy (non-hydrogen) atoms. The van der Waals surface area contributed by atoms with Crippen LogP contribution in [-0.4, -0.2) is 22.9 Å². The number of Topliss-reactive ketones (excluding diaryl/α,β-unsaturated/α-hetero) is 1. The molecule has 0 radical (unpaired) electrons. The van der Waals surface area contributed by atoms with Crippen LogP contribution < -0.4 is 10.6 Å². The summed E-state index contributed by atoms with van der Waals surface area (Å²) in [5.74, 6) is -0.509. The standard InChI is InChI=1S/C25H27N3O2S/c1-15-21(24(30)28-17-6-5-11-26-14-17)22(16-7-9-18(31-4)10-8-16)23-19(27-15)12-25(2,3)13-20(23)29/h5-11,14,22,27H,12-13H2,1-4H3,(H,28,30). The summed E-state index contributed by atoms with van der Waals surface area (Å²) in [6.45, 7) is 6.14. The van der Waals surface area contributed by atoms with Gasteiger partial charge in [-0.15, -0.1) is 11.8 Å². The summed E-state index contributed by atoms with van der Waals surface area (Å²) < 4.78 is 0. The van der Waals surface area contributed by atoms with Crippen LogP contribution in [0.1, 0.15) is 45.1 Å². The molecular weight excluding hydrogens is 406 g/mol. The Hall–Kier alpha value is -2.86. The molecule has 0 fully saturated rings. The van der Waals surface area contributed by atoms with Gasteiger partial charge in [-0.25, -0.2) is 0 Å². The smallest absolute Gasteiger partial charge is 0.254 e. The predicted molar refractivity (Wildman–Crippen MR) is 125 cm³/mol. The summed E-state index contributed by atoms with van der Waals surface area (Å²) in [6.07, 6.45) is 6.57. The van der Waals surface area contributed by atoms with Crippen molar-refractivity contribution in [2.45, 2.75) is 44.4 Å². The molecule has 4 rings (SSSR count). The lowest BCUT2D eigenvalue weighted by molar-refractivity contribution is -0.118. The monoisotopic (exact) mass is 433 g/mol. The maximum Gasteiger partial charge on any atom is 0.254 e. The number of hydrogen-bond donors (Lipinski definition) is 2. The molecule has 1 aromatic carbocycles. The SMILES string of the molecule is CSc1ccc(C2C(C(=O)Nc3cccnc3)=C(C)NC3=C2C(=O)CC(C)(C)C3)cc1. The van der Waals surface area contributed by atoms with E-state index < -0.39 is 5.92 Å². The number of benzene rings is 1. The van der Waals surface area contributed by atoms with E-state index >= 15 is 0 Å². The number of allylic oxidation sites excluding steroid dienone is 3. The third-order valence-corrected chi connectivity index (χ3v) is 6.60. The molecule has 160 valence electrons. The molecule has 2 aliphatic rings. The number of aromatic nitrogens is 1. The number of anilines is 1. The Morgan fingerprint density at radius 2 is 1.94 bits per heavy atom. The largest absolute Gasteiger partial charge is 0.362 e. The first kappa shape index (κ1) is 21.4. The van der Waals surface area contributed by atoms with Gasteiger partial charge in [0, 0.05) is 46.0 Å². The van der Waals surface area contributed by atoms with Gasteiger partial charge in [0.2, 0.25) is 0 Å². The van der Waals surface area contributed by atoms with Crippen LogP contribution in [0.15, 0.2) is 76.2 Å². The van der Waals surface area contributed by atoms with Gasteiger partial charge in [-0.1, -0.05) is 26.0 Å². The summed E-state index contributed by atoms with van der Waals surface area (Å²) in [5.41, 5.74) is 4.49. The third-order valence-electron chi connectivity index (χ3n) is 5.85. The van der Waals surface area contributed by atoms with Crippen LogP contribution in [0.25, 0.3) is 0 Å². The molecule has 1 amide bonds. The summed E-state index contributed by atoms with van der Waals surface area (Å²) in [5, 5.41) is 6.35. The number of nitrogens with zero attached hydrogens (tertiary/aromatic N) is 1. The molecule has 1 atom stereocenters. The van der Waals surface area contributed by atoms with E-state index in [4.69, 9.17) is 0 Å². The van der Waals surface area contributed by atoms with Crippen molar-refractivity contribution in [3.8, 4) is 0 Å². The summed E-state index contributed by atoms with van der Waals surface area (Å²) >= 11 is 1.67. The van der Waals surface area contributed by atoms with Crippen LogP contribution in [0.5, 0.6) is 0 Å². The van der Waals surface area contributed by atoms with Crippen LogP contribution in [0.3, 0.4) is 0 Å². The van der Waals surface area contributed by atoms with Gasteiger partial charge in [0.1, 0.15) is 0 Å². The molecule has 5 nitrogen and oxygen atoms in total. The highest BCUT2D eigenvalue weighted by Crippen LogP contribution is 2.46. The maximum absolute atomic E-state index is 13.4. The highest BCUT2D eigenvalue weighted by Gasteiger charge is 2.42. The molecule has 2 aromatic rings. The first-order valence-electron chi connectivity index (χ1n) is 10.4. The molecule has 6 heteroatoms. The number of rotatable bonds is 4. The Balaban J connectivity index is 1.80. The van der Waals surface area contributed by atoms with Crippen LogP contribution in [0.4, 0.5) is 5.69 Å². The zero-order chi connectivity index (χ0) is 22.2. The molecule has 2 N–H and O–H groups in total. The normalized spacial score (nSPS) is 20.3. The van der Waals surface area contributed by atoms with Gasteiger partial charge in [0.15, 0.2) is 5.78 Å². The lowest BCUT2D eigenvalue weighted by atomic mass is 9.68. The van der Waals surface area contributed by atoms with E-state index in [0.29, 0.717) is 17.7 Å². The number of amides is 1. The Morgan fingerprint density at radius 3 is 2.58 bits per heavy atom. The minimum absolute atomic E-state index is 0.105. The second-order valence-electron chi connectivity index (χ2n) is 8.90. The number of thioether (sulfide) groups is 1. The van der Waals surface area contributed by atoms with Crippen LogP contribution in [0, 0.1) is 5.41 Å². The van der Waals surface area contributed by atoms with Gasteiger partial charge in [0.25, 0.3) is 5.91 Å². The summed E-state index contributed by atoms with van der Waals surface area (Å²) in [6, 6.07) is 11.7. The summed E-state index contributed by atoms with van der Waals surface area (Å²) in [4.78, 5) is 32.0. The second-order valence-corrected chi connectivity index (χ2v) is 9.78. The van der Waals surface area contributed by atoms with Gasteiger partial charge in [-0.3, -0.25) is 14.6 Å². The van der Waals surface area contributed by atoms with Crippen molar-refractivity contribution in [1.29, 1.82) is 0 Å². The van der Waals surface area contributed by atoms with Crippen LogP contribution >= 0.6 is 11.8 Å². The number of ketones is 1. The van der Waals surface area contributed by atoms with Crippen molar-refractivity contribution in [1.82, 2.24) is 10.3 Å². The van der Waals surface area contributed by atoms with Crippen LogP contribution in [0.2, 0.25) is 0 Å². The Morgan fingerprint density at radius 1 is 1.19 bits per heavy atom. The van der Waals surface area contributed by atoms with E-state index in [1.54, 1.807) is 36.3 Å². The first-order valence-corrected chi connectivity index (χ1v) is 11.6. The van der Waals surface area contributed by atoms with Gasteiger partial charge in [0.05, 0.1) is 11.9 Å². The highest BCUT2D eigenvalue weighted by atomic mass is 32.2. The first-order chi connectivity index (χ1) is 14.8. The second kappa shape index (κ2) is 8.35. The molecule has 1 aromatic heterocycles. The van der Waals surface area contributed by atoms with Crippen molar-refractivity contribution >= 4 is 29.1 Å². The van der Waals surface area contributed by atoms with E-state index in [-0.39, 0.29) is 17.1 Å². The Labute approximate surface area is 187 Å². The minimum atomic E-state index is -0.396. The molecule has 0 bridgehead atoms. The Bertz CT molecular complexity index is 1090. The fourth-order valence-electron chi connectivity index (χ4n) is 4.50. The average molecular weight is 434 g/mol. The lowest BCUT2D eigenvalue weighted by Gasteiger charge is -2.39. The number of dihydropyridines is 1. The predicted octanol–water partition coefficient (Wildman–Crippen LogP) is 5.05. The number of hydrogen-bond acceptors (Lipinski definition) is 5. The van der Waals surface area contributed by atoms with Crippen molar-refractivity contribution < 1.29 is 9.59 Å². The number of nitrogens with one attached hydrogen (secondary N) is 2. The Kier molecular flexibility index (Phi) is 5.75. The molecule has 1 aliphatic carbocycles. The fraction of sp³-hybridized carbons (Fsp3) is 0.320. The van der Waals surface area contributed by atoms with Gasteiger partial charge in [-0.05, 0) is 54.8 Å². The van der Waals surface area contributed by atoms with Crippen LogP contribution in [-0.2, 0) is 9.59 Å². The number of pyridine rings is 1. The van der Waals surface area contributed by atoms with E-state index in [1.165, 1.54) is 0 Å². The lowest BCUT2D eigenvalue weighted by Crippen LogP contribution is -2.39. The van der Waals surface area contributed by atoms with Crippen molar-refractivity contribution in [3.05, 3.63) is 76.9 Å². The van der Waals surface area contributed by atoms with Gasteiger partial charge < -0.3 is 10.6 Å². The van der Waals surface area contributed by atoms with Gasteiger partial charge in [-0.2, -0.15) is 0 Å². The number of carbonyl (C=O) groups is 2. The molecule has 2 heterocycles. The molecular formula is C25H27N3O2S. The average Bonchev–Trinajstić information content (AvgIpc) is 2.72. The fourth-order valence-corrected chi connectivity index (χ4v) is 4.91. The molecule has 0 spiro atoms. The van der Waals surface area contributed by atoms with Gasteiger partial charge >= 0.3 is 0 Å². The molecule has 1 aliphatic heterocycles. The highest BCUT2D eigenvalue weighted by molar-refractivity contribution is 7.98.